The lowest BCUT2D eigenvalue weighted by atomic mass is 9.77. The van der Waals surface area contributed by atoms with Gasteiger partial charge in [0.05, 0.1) is 0 Å². The number of hydrogen-bond donors (Lipinski definition) is 0. The number of benzene rings is 1. The molecule has 0 saturated heterocycles. The first-order chi connectivity index (χ1) is 16.4. The van der Waals surface area contributed by atoms with Gasteiger partial charge >= 0.3 is 0 Å². The second-order valence-electron chi connectivity index (χ2n) is 8.75. The minimum atomic E-state index is -0.357. The summed E-state index contributed by atoms with van der Waals surface area (Å²) in [6.07, 6.45) is 14.0. The van der Waals surface area contributed by atoms with Gasteiger partial charge in [-0.25, -0.2) is 13.8 Å². The Morgan fingerprint density at radius 2 is 1.44 bits per heavy atom. The molecule has 34 heavy (non-hydrogen) atoms. The zero-order valence-corrected chi connectivity index (χ0v) is 24.0. The summed E-state index contributed by atoms with van der Waals surface area (Å²) >= 11 is 9.25. The predicted molar refractivity (Wildman–Crippen MR) is 146 cm³/mol. The first-order valence-corrected chi connectivity index (χ1v) is 14.1. The topological polar surface area (TPSA) is 25.8 Å². The predicted octanol–water partition coefficient (Wildman–Crippen LogP) is 10.2. The lowest BCUT2D eigenvalue weighted by molar-refractivity contribution is 0.303. The van der Waals surface area contributed by atoms with Crippen LogP contribution in [0, 0.1) is 17.6 Å². The Labute approximate surface area is 226 Å². The van der Waals surface area contributed by atoms with Crippen molar-refractivity contribution in [2.45, 2.75) is 64.2 Å². The number of halogens is 5. The number of nitrogens with zero attached hydrogens (tertiary/aromatic N) is 2. The summed E-state index contributed by atoms with van der Waals surface area (Å²) in [5.74, 6) is 0.960. The lowest BCUT2D eigenvalue weighted by Crippen LogP contribution is -2.13. The van der Waals surface area contributed by atoms with Crippen molar-refractivity contribution in [2.75, 3.05) is 0 Å². The summed E-state index contributed by atoms with van der Waals surface area (Å²) in [7, 11) is 0. The second kappa shape index (κ2) is 13.8. The van der Waals surface area contributed by atoms with Crippen molar-refractivity contribution < 1.29 is 8.78 Å². The molecule has 0 atom stereocenters. The zero-order valence-electron chi connectivity index (χ0n) is 19.2. The Hall–Kier alpha value is -1.18. The van der Waals surface area contributed by atoms with E-state index in [-0.39, 0.29) is 16.2 Å². The highest BCUT2D eigenvalue weighted by molar-refractivity contribution is 9.11. The van der Waals surface area contributed by atoms with E-state index >= 15 is 0 Å². The average Bonchev–Trinajstić information content (AvgIpc) is 2.83. The molecule has 1 aliphatic rings. The molecule has 0 unspecified atom stereocenters. The third-order valence-corrected chi connectivity index (χ3v) is 7.74. The van der Waals surface area contributed by atoms with Crippen molar-refractivity contribution in [1.29, 1.82) is 0 Å². The maximum absolute atomic E-state index is 14.1. The van der Waals surface area contributed by atoms with Gasteiger partial charge in [0, 0.05) is 26.9 Å². The van der Waals surface area contributed by atoms with E-state index in [9.17, 15) is 8.78 Å². The Balaban J connectivity index is 0.000000302. The molecule has 4 rings (SSSR count). The van der Waals surface area contributed by atoms with Crippen molar-refractivity contribution in [3.8, 4) is 11.3 Å². The molecule has 0 aliphatic heterocycles. The van der Waals surface area contributed by atoms with E-state index in [1.807, 2.05) is 12.1 Å². The fourth-order valence-corrected chi connectivity index (χ4v) is 5.23. The minimum Gasteiger partial charge on any atom is -0.252 e. The van der Waals surface area contributed by atoms with Crippen LogP contribution in [-0.4, -0.2) is 9.97 Å². The molecule has 0 radical (unpaired) electrons. The van der Waals surface area contributed by atoms with Crippen LogP contribution >= 0.6 is 47.8 Å². The number of rotatable bonds is 6. The Bertz CT molecular complexity index is 1050. The van der Waals surface area contributed by atoms with E-state index in [0.29, 0.717) is 20.6 Å². The van der Waals surface area contributed by atoms with Crippen LogP contribution in [-0.2, 0) is 0 Å². The van der Waals surface area contributed by atoms with Gasteiger partial charge in [0.2, 0.25) is 0 Å². The molecule has 0 bridgehead atoms. The third kappa shape index (κ3) is 8.20. The molecule has 2 aromatic heterocycles. The van der Waals surface area contributed by atoms with Gasteiger partial charge in [0.1, 0.15) is 10.3 Å². The molecule has 7 heteroatoms. The summed E-state index contributed by atoms with van der Waals surface area (Å²) in [5.41, 5.74) is 2.67. The first-order valence-electron chi connectivity index (χ1n) is 11.7. The lowest BCUT2D eigenvalue weighted by Gasteiger charge is -2.29. The quantitative estimate of drug-likeness (QED) is 0.195. The molecule has 1 saturated carbocycles. The van der Waals surface area contributed by atoms with Gasteiger partial charge in [-0.05, 0) is 103 Å². The van der Waals surface area contributed by atoms with Crippen molar-refractivity contribution >= 4 is 47.8 Å². The number of pyridine rings is 2. The largest absolute Gasteiger partial charge is 0.252 e. The molecule has 0 N–H and O–H groups in total. The highest BCUT2D eigenvalue weighted by atomic mass is 79.9. The maximum Gasteiger partial charge on any atom is 0.157 e. The maximum atomic E-state index is 14.1. The normalized spacial score (nSPS) is 17.7. The fraction of sp³-hybridized carbons (Fsp3) is 0.407. The number of hydrogen-bond acceptors (Lipinski definition) is 2. The van der Waals surface area contributed by atoms with E-state index in [2.05, 4.69) is 76.8 Å². The van der Waals surface area contributed by atoms with Gasteiger partial charge in [0.15, 0.2) is 11.6 Å². The van der Waals surface area contributed by atoms with Gasteiger partial charge in [-0.3, -0.25) is 4.98 Å². The second-order valence-corrected chi connectivity index (χ2v) is 11.3. The monoisotopic (exact) mass is 656 g/mol. The van der Waals surface area contributed by atoms with Gasteiger partial charge in [0.25, 0.3) is 0 Å². The van der Waals surface area contributed by atoms with E-state index in [4.69, 9.17) is 0 Å². The van der Waals surface area contributed by atoms with Gasteiger partial charge in [-0.1, -0.05) is 56.9 Å². The highest BCUT2D eigenvalue weighted by Gasteiger charge is 2.22. The van der Waals surface area contributed by atoms with E-state index < -0.39 is 0 Å². The minimum absolute atomic E-state index is 0.241. The van der Waals surface area contributed by atoms with Crippen molar-refractivity contribution in [3.05, 3.63) is 79.5 Å². The smallest absolute Gasteiger partial charge is 0.157 e. The summed E-state index contributed by atoms with van der Waals surface area (Å²) < 4.78 is 28.1. The van der Waals surface area contributed by atoms with Gasteiger partial charge < -0.3 is 0 Å². The zero-order chi connectivity index (χ0) is 24.5. The molecule has 3 aromatic rings. The van der Waals surface area contributed by atoms with Crippen LogP contribution in [0.3, 0.4) is 0 Å². The summed E-state index contributed by atoms with van der Waals surface area (Å²) in [5, 5.41) is 0. The van der Waals surface area contributed by atoms with Crippen LogP contribution in [0.1, 0.15) is 69.8 Å². The molecule has 0 amide bonds. The van der Waals surface area contributed by atoms with Crippen LogP contribution in [0.4, 0.5) is 8.78 Å². The molecule has 0 spiro atoms. The molecule has 182 valence electrons. The third-order valence-electron chi connectivity index (χ3n) is 6.29. The highest BCUT2D eigenvalue weighted by Crippen LogP contribution is 2.38. The Kier molecular flexibility index (Phi) is 11.1. The van der Waals surface area contributed by atoms with Crippen LogP contribution in [0.25, 0.3) is 11.3 Å². The summed E-state index contributed by atoms with van der Waals surface area (Å²) in [4.78, 5) is 7.89. The van der Waals surface area contributed by atoms with Gasteiger partial charge in [-0.15, -0.1) is 0 Å². The Morgan fingerprint density at radius 3 is 2.00 bits per heavy atom. The van der Waals surface area contributed by atoms with Crippen LogP contribution < -0.4 is 0 Å². The van der Waals surface area contributed by atoms with E-state index in [1.165, 1.54) is 75.3 Å². The molecule has 1 aromatic carbocycles. The fourth-order valence-electron chi connectivity index (χ4n) is 4.41. The van der Waals surface area contributed by atoms with Crippen LogP contribution in [0.15, 0.2) is 62.3 Å². The van der Waals surface area contributed by atoms with Crippen LogP contribution in [0.5, 0.6) is 0 Å². The van der Waals surface area contributed by atoms with Crippen molar-refractivity contribution in [3.63, 3.8) is 0 Å². The first kappa shape index (κ1) is 27.4. The number of unbranched alkanes of at least 4 members (excludes halogenated alkanes) is 2. The van der Waals surface area contributed by atoms with Crippen molar-refractivity contribution in [2.24, 2.45) is 5.92 Å². The SMILES string of the molecule is CCCCC[C@H]1CC[C@H](c2ccc(-c3ncc(Br)cc3F)cc2)CC1.Fc1cc(Br)cnc1Br. The summed E-state index contributed by atoms with van der Waals surface area (Å²) in [6, 6.07) is 11.2. The molecular weight excluding hydrogens is 630 g/mol. The number of aromatic nitrogens is 2. The molecule has 2 nitrogen and oxygen atoms in total. The van der Waals surface area contributed by atoms with Crippen LogP contribution in [0.2, 0.25) is 0 Å². The van der Waals surface area contributed by atoms with Crippen molar-refractivity contribution in [1.82, 2.24) is 9.97 Å². The van der Waals surface area contributed by atoms with E-state index in [0.717, 1.165) is 11.5 Å². The molecule has 1 fully saturated rings. The average molecular weight is 659 g/mol. The molecule has 2 heterocycles. The van der Waals surface area contributed by atoms with E-state index in [1.54, 1.807) is 6.20 Å². The Morgan fingerprint density at radius 1 is 0.824 bits per heavy atom. The molecular formula is C27H29Br3F2N2. The molecule has 1 aliphatic carbocycles. The standard InChI is InChI=1S/C22H27BrFN.C5H2Br2FN/c1-2-3-4-5-16-6-8-17(9-7-16)18-10-12-19(13-11-18)22-21(24)14-20(23)15-25-22;6-3-1-4(8)5(7)9-2-3/h10-17H,2-9H2,1H3;1-2H/t16-,17-;. The summed E-state index contributed by atoms with van der Waals surface area (Å²) in [6.45, 7) is 2.27. The van der Waals surface area contributed by atoms with Gasteiger partial charge in [-0.2, -0.15) is 0 Å².